The number of benzene rings is 1. The maximum Gasteiger partial charge on any atom is 0.140 e. The van der Waals surface area contributed by atoms with Gasteiger partial charge in [0, 0.05) is 23.1 Å². The molecular weight excluding hydrogens is 258 g/mol. The molecule has 1 rings (SSSR count). The van der Waals surface area contributed by atoms with Crippen LogP contribution in [0, 0.1) is 6.92 Å². The van der Waals surface area contributed by atoms with Gasteiger partial charge in [-0.2, -0.15) is 0 Å². The molecule has 0 bridgehead atoms. The highest BCUT2D eigenvalue weighted by atomic mass is 79.9. The van der Waals surface area contributed by atoms with Crippen LogP contribution in [0.15, 0.2) is 27.8 Å². The Hall–Kier alpha value is -1.23. The minimum atomic E-state index is 0.232. The van der Waals surface area contributed by atoms with Crippen LogP contribution in [0.4, 0.5) is 5.69 Å². The second-order valence-electron chi connectivity index (χ2n) is 3.23. The number of nitrogens with zero attached hydrogens (tertiary/aromatic N) is 1. The van der Waals surface area contributed by atoms with Crippen molar-refractivity contribution in [2.24, 2.45) is 10.9 Å². The van der Waals surface area contributed by atoms with Crippen molar-refractivity contribution in [3.05, 3.63) is 28.2 Å². The Balaban J connectivity index is 2.54. The van der Waals surface area contributed by atoms with Gasteiger partial charge >= 0.3 is 0 Å². The van der Waals surface area contributed by atoms with E-state index in [0.717, 1.165) is 15.7 Å². The highest BCUT2D eigenvalue weighted by Gasteiger charge is 1.99. The third-order valence-corrected chi connectivity index (χ3v) is 2.52. The first kappa shape index (κ1) is 11.8. The summed E-state index contributed by atoms with van der Waals surface area (Å²) < 4.78 is 1.03. The third kappa shape index (κ3) is 3.79. The van der Waals surface area contributed by atoms with Crippen LogP contribution in [0.1, 0.15) is 12.0 Å². The normalized spacial score (nSPS) is 11.5. The fraction of sp³-hybridized carbons (Fsp3) is 0.300. The third-order valence-electron chi connectivity index (χ3n) is 2.02. The van der Waals surface area contributed by atoms with Crippen molar-refractivity contribution in [3.63, 3.8) is 0 Å². The molecule has 0 aliphatic rings. The molecule has 0 fully saturated rings. The number of nitrogens with one attached hydrogen (secondary N) is 1. The van der Waals surface area contributed by atoms with Crippen molar-refractivity contribution in [1.82, 2.24) is 0 Å². The smallest absolute Gasteiger partial charge is 0.140 e. The van der Waals surface area contributed by atoms with Gasteiger partial charge in [0.1, 0.15) is 5.84 Å². The molecule has 1 aromatic carbocycles. The van der Waals surface area contributed by atoms with E-state index in [1.807, 2.05) is 25.1 Å². The lowest BCUT2D eigenvalue weighted by Crippen LogP contribution is -2.16. The van der Waals surface area contributed by atoms with Crippen molar-refractivity contribution in [2.75, 3.05) is 11.9 Å². The summed E-state index contributed by atoms with van der Waals surface area (Å²) >= 11 is 3.40. The van der Waals surface area contributed by atoms with Crippen LogP contribution in [0.2, 0.25) is 0 Å². The number of oxime groups is 1. The zero-order valence-corrected chi connectivity index (χ0v) is 10.1. The Morgan fingerprint density at radius 3 is 3.00 bits per heavy atom. The number of anilines is 1. The minimum absolute atomic E-state index is 0.232. The van der Waals surface area contributed by atoms with Gasteiger partial charge in [0.2, 0.25) is 0 Å². The van der Waals surface area contributed by atoms with Gasteiger partial charge in [-0.1, -0.05) is 27.2 Å². The number of amidine groups is 1. The van der Waals surface area contributed by atoms with E-state index in [4.69, 9.17) is 10.9 Å². The fourth-order valence-corrected chi connectivity index (χ4v) is 1.52. The molecule has 0 saturated heterocycles. The first-order chi connectivity index (χ1) is 7.13. The first-order valence-corrected chi connectivity index (χ1v) is 5.39. The van der Waals surface area contributed by atoms with E-state index in [9.17, 15) is 0 Å². The average molecular weight is 272 g/mol. The molecule has 15 heavy (non-hydrogen) atoms. The second kappa shape index (κ2) is 5.60. The van der Waals surface area contributed by atoms with Crippen molar-refractivity contribution < 1.29 is 5.21 Å². The van der Waals surface area contributed by atoms with Crippen LogP contribution < -0.4 is 11.1 Å². The zero-order valence-electron chi connectivity index (χ0n) is 8.50. The first-order valence-electron chi connectivity index (χ1n) is 4.60. The highest BCUT2D eigenvalue weighted by molar-refractivity contribution is 9.10. The topological polar surface area (TPSA) is 70.6 Å². The summed E-state index contributed by atoms with van der Waals surface area (Å²) in [5, 5.41) is 14.5. The summed E-state index contributed by atoms with van der Waals surface area (Å²) in [6.07, 6.45) is 0.516. The van der Waals surface area contributed by atoms with E-state index in [1.165, 1.54) is 0 Å². The monoisotopic (exact) mass is 271 g/mol. The summed E-state index contributed by atoms with van der Waals surface area (Å²) in [7, 11) is 0. The highest BCUT2D eigenvalue weighted by Crippen LogP contribution is 2.20. The molecule has 0 heterocycles. The summed E-state index contributed by atoms with van der Waals surface area (Å²) in [6.45, 7) is 2.67. The average Bonchev–Trinajstić information content (AvgIpc) is 2.23. The van der Waals surface area contributed by atoms with E-state index in [2.05, 4.69) is 26.4 Å². The van der Waals surface area contributed by atoms with Crippen LogP contribution in [0.5, 0.6) is 0 Å². The summed E-state index contributed by atoms with van der Waals surface area (Å²) in [4.78, 5) is 0. The Kier molecular flexibility index (Phi) is 4.42. The standard InChI is InChI=1S/C10H14BrN3O/c1-7-2-3-8(11)6-9(7)13-5-4-10(12)14-15/h2-3,6,13,15H,4-5H2,1H3,(H2,12,14). The molecule has 0 aromatic heterocycles. The van der Waals surface area contributed by atoms with Gasteiger partial charge in [-0.3, -0.25) is 0 Å². The molecule has 0 radical (unpaired) electrons. The van der Waals surface area contributed by atoms with E-state index >= 15 is 0 Å². The Morgan fingerprint density at radius 1 is 1.60 bits per heavy atom. The van der Waals surface area contributed by atoms with Crippen molar-refractivity contribution in [2.45, 2.75) is 13.3 Å². The number of nitrogens with two attached hydrogens (primary N) is 1. The quantitative estimate of drug-likeness (QED) is 0.341. The molecule has 0 unspecified atom stereocenters. The van der Waals surface area contributed by atoms with Crippen LogP contribution in [0.25, 0.3) is 0 Å². The number of halogens is 1. The lowest BCUT2D eigenvalue weighted by Gasteiger charge is -2.09. The van der Waals surface area contributed by atoms with Crippen LogP contribution >= 0.6 is 15.9 Å². The Morgan fingerprint density at radius 2 is 2.33 bits per heavy atom. The van der Waals surface area contributed by atoms with Gasteiger partial charge in [-0.05, 0) is 24.6 Å². The van der Waals surface area contributed by atoms with Crippen molar-refractivity contribution >= 4 is 27.5 Å². The van der Waals surface area contributed by atoms with Crippen molar-refractivity contribution in [1.29, 1.82) is 0 Å². The number of rotatable bonds is 4. The number of hydrogen-bond acceptors (Lipinski definition) is 3. The van der Waals surface area contributed by atoms with Gasteiger partial charge in [0.25, 0.3) is 0 Å². The van der Waals surface area contributed by atoms with Crippen LogP contribution in [-0.4, -0.2) is 17.6 Å². The number of hydrogen-bond donors (Lipinski definition) is 3. The summed E-state index contributed by atoms with van der Waals surface area (Å²) in [6, 6.07) is 6.02. The Labute approximate surface area is 97.3 Å². The fourth-order valence-electron chi connectivity index (χ4n) is 1.16. The van der Waals surface area contributed by atoms with E-state index < -0.39 is 0 Å². The molecule has 0 aliphatic carbocycles. The summed E-state index contributed by atoms with van der Waals surface area (Å²) in [5.41, 5.74) is 7.57. The maximum atomic E-state index is 8.36. The molecule has 4 nitrogen and oxygen atoms in total. The van der Waals surface area contributed by atoms with Gasteiger partial charge in [0.05, 0.1) is 0 Å². The predicted molar refractivity (Wildman–Crippen MR) is 65.4 cm³/mol. The largest absolute Gasteiger partial charge is 0.409 e. The molecule has 0 spiro atoms. The van der Waals surface area contributed by atoms with Gasteiger partial charge in [0.15, 0.2) is 0 Å². The molecule has 4 N–H and O–H groups in total. The minimum Gasteiger partial charge on any atom is -0.409 e. The molecule has 0 aliphatic heterocycles. The lowest BCUT2D eigenvalue weighted by atomic mass is 10.2. The summed E-state index contributed by atoms with van der Waals surface area (Å²) in [5.74, 6) is 0.232. The van der Waals surface area contributed by atoms with E-state index in [0.29, 0.717) is 13.0 Å². The van der Waals surface area contributed by atoms with Crippen LogP contribution in [0.3, 0.4) is 0 Å². The van der Waals surface area contributed by atoms with Gasteiger partial charge in [-0.15, -0.1) is 0 Å². The molecule has 0 atom stereocenters. The molecule has 5 heteroatoms. The van der Waals surface area contributed by atoms with E-state index in [1.54, 1.807) is 0 Å². The second-order valence-corrected chi connectivity index (χ2v) is 4.14. The zero-order chi connectivity index (χ0) is 11.3. The molecule has 0 amide bonds. The van der Waals surface area contributed by atoms with Crippen LogP contribution in [-0.2, 0) is 0 Å². The SMILES string of the molecule is Cc1ccc(Br)cc1NCCC(N)=NO. The number of aryl methyl sites for hydroxylation is 1. The lowest BCUT2D eigenvalue weighted by molar-refractivity contribution is 0.317. The van der Waals surface area contributed by atoms with Gasteiger partial charge in [-0.25, -0.2) is 0 Å². The maximum absolute atomic E-state index is 8.36. The molecular formula is C10H14BrN3O. The molecule has 1 aromatic rings. The Bertz CT molecular complexity index is 366. The van der Waals surface area contributed by atoms with Crippen molar-refractivity contribution in [3.8, 4) is 0 Å². The molecule has 0 saturated carbocycles. The van der Waals surface area contributed by atoms with Gasteiger partial charge < -0.3 is 16.3 Å². The molecule has 82 valence electrons. The van der Waals surface area contributed by atoms with E-state index in [-0.39, 0.29) is 5.84 Å². The predicted octanol–water partition coefficient (Wildman–Crippen LogP) is 2.31.